The number of nitrogens with two attached hydrogens (primary N) is 1. The highest BCUT2D eigenvalue weighted by Crippen LogP contribution is 2.16. The number of likely N-dealkylation sites (tertiary alicyclic amines) is 1. The number of nitrogens with zero attached hydrogens (tertiary/aromatic N) is 1. The van der Waals surface area contributed by atoms with Crippen LogP contribution in [0.15, 0.2) is 0 Å². The fourth-order valence-electron chi connectivity index (χ4n) is 1.74. The van der Waals surface area contributed by atoms with Crippen LogP contribution in [-0.2, 0) is 0 Å². The number of rotatable bonds is 1. The van der Waals surface area contributed by atoms with Crippen LogP contribution in [0.5, 0.6) is 0 Å². The molecular formula is C10H21N3O. The Morgan fingerprint density at radius 3 is 2.71 bits per heavy atom. The van der Waals surface area contributed by atoms with Crippen LogP contribution in [0, 0.1) is 0 Å². The first-order chi connectivity index (χ1) is 6.44. The average molecular weight is 199 g/mol. The highest BCUT2D eigenvalue weighted by atomic mass is 16.2. The number of amides is 2. The first-order valence-corrected chi connectivity index (χ1v) is 5.23. The number of hydrogen-bond acceptors (Lipinski definition) is 2. The third-order valence-electron chi connectivity index (χ3n) is 2.39. The molecule has 1 atom stereocenters. The van der Waals surface area contributed by atoms with Gasteiger partial charge in [-0.15, -0.1) is 0 Å². The molecule has 3 N–H and O–H groups in total. The SMILES string of the molecule is CC(C)(C)NC(=O)N1CCC[C@H]1CN. The van der Waals surface area contributed by atoms with Crippen LogP contribution in [0.1, 0.15) is 33.6 Å². The number of hydrogen-bond donors (Lipinski definition) is 2. The zero-order chi connectivity index (χ0) is 10.8. The predicted octanol–water partition coefficient (Wildman–Crippen LogP) is 0.918. The monoisotopic (exact) mass is 199 g/mol. The highest BCUT2D eigenvalue weighted by molar-refractivity contribution is 5.75. The van der Waals surface area contributed by atoms with Gasteiger partial charge in [0.1, 0.15) is 0 Å². The van der Waals surface area contributed by atoms with Crippen molar-refractivity contribution in [3.63, 3.8) is 0 Å². The maximum absolute atomic E-state index is 11.8. The molecule has 0 aromatic heterocycles. The minimum Gasteiger partial charge on any atom is -0.333 e. The Balaban J connectivity index is 2.52. The van der Waals surface area contributed by atoms with Crippen molar-refractivity contribution < 1.29 is 4.79 Å². The predicted molar refractivity (Wildman–Crippen MR) is 57.1 cm³/mol. The fraction of sp³-hybridized carbons (Fsp3) is 0.900. The van der Waals surface area contributed by atoms with E-state index in [0.717, 1.165) is 19.4 Å². The Kier molecular flexibility index (Phi) is 3.37. The molecule has 0 saturated carbocycles. The lowest BCUT2D eigenvalue weighted by Gasteiger charge is -2.29. The molecule has 1 saturated heterocycles. The smallest absolute Gasteiger partial charge is 0.318 e. The van der Waals surface area contributed by atoms with Gasteiger partial charge in [-0.05, 0) is 33.6 Å². The summed E-state index contributed by atoms with van der Waals surface area (Å²) in [6, 6.07) is 0.253. The molecule has 1 fully saturated rings. The standard InChI is InChI=1S/C10H21N3O/c1-10(2,3)12-9(14)13-6-4-5-8(13)7-11/h8H,4-7,11H2,1-3H3,(H,12,14)/t8-/m0/s1. The van der Waals surface area contributed by atoms with Gasteiger partial charge in [-0.2, -0.15) is 0 Å². The van der Waals surface area contributed by atoms with Gasteiger partial charge < -0.3 is 16.0 Å². The van der Waals surface area contributed by atoms with Gasteiger partial charge in [0.15, 0.2) is 0 Å². The second-order valence-corrected chi connectivity index (χ2v) is 4.91. The first kappa shape index (κ1) is 11.3. The fourth-order valence-corrected chi connectivity index (χ4v) is 1.74. The summed E-state index contributed by atoms with van der Waals surface area (Å²) in [5.41, 5.74) is 5.44. The Hall–Kier alpha value is -0.770. The van der Waals surface area contributed by atoms with E-state index in [1.807, 2.05) is 25.7 Å². The topological polar surface area (TPSA) is 58.4 Å². The quantitative estimate of drug-likeness (QED) is 0.659. The summed E-state index contributed by atoms with van der Waals surface area (Å²) in [6.07, 6.45) is 2.10. The van der Waals surface area contributed by atoms with E-state index in [-0.39, 0.29) is 17.6 Å². The molecule has 0 aromatic carbocycles. The van der Waals surface area contributed by atoms with Gasteiger partial charge in [-0.1, -0.05) is 0 Å². The maximum Gasteiger partial charge on any atom is 0.318 e. The van der Waals surface area contributed by atoms with Crippen LogP contribution in [0.25, 0.3) is 0 Å². The van der Waals surface area contributed by atoms with Gasteiger partial charge in [-0.3, -0.25) is 0 Å². The van der Waals surface area contributed by atoms with Gasteiger partial charge in [0.05, 0.1) is 0 Å². The first-order valence-electron chi connectivity index (χ1n) is 5.23. The number of urea groups is 1. The molecule has 0 aliphatic carbocycles. The van der Waals surface area contributed by atoms with Gasteiger partial charge in [-0.25, -0.2) is 4.79 Å². The number of carbonyl (C=O) groups is 1. The van der Waals surface area contributed by atoms with Crippen molar-refractivity contribution in [2.75, 3.05) is 13.1 Å². The Bertz CT molecular complexity index is 210. The molecule has 2 amide bonds. The van der Waals surface area contributed by atoms with E-state index in [9.17, 15) is 4.79 Å². The summed E-state index contributed by atoms with van der Waals surface area (Å²) in [6.45, 7) is 7.36. The van der Waals surface area contributed by atoms with Crippen LogP contribution in [0.4, 0.5) is 4.79 Å². The van der Waals surface area contributed by atoms with Crippen LogP contribution < -0.4 is 11.1 Å². The van der Waals surface area contributed by atoms with Crippen molar-refractivity contribution in [3.05, 3.63) is 0 Å². The Morgan fingerprint density at radius 1 is 1.57 bits per heavy atom. The van der Waals surface area contributed by atoms with Crippen LogP contribution >= 0.6 is 0 Å². The number of nitrogens with one attached hydrogen (secondary N) is 1. The molecule has 1 aliphatic rings. The van der Waals surface area contributed by atoms with Gasteiger partial charge >= 0.3 is 6.03 Å². The molecule has 1 heterocycles. The molecule has 4 heteroatoms. The molecule has 1 rings (SSSR count). The lowest BCUT2D eigenvalue weighted by molar-refractivity contribution is 0.185. The molecule has 82 valence electrons. The summed E-state index contributed by atoms with van der Waals surface area (Å²) in [5.74, 6) is 0. The van der Waals surface area contributed by atoms with Crippen LogP contribution in [0.2, 0.25) is 0 Å². The van der Waals surface area contributed by atoms with Crippen molar-refractivity contribution >= 4 is 6.03 Å². The lowest BCUT2D eigenvalue weighted by atomic mass is 10.1. The summed E-state index contributed by atoms with van der Waals surface area (Å²) in [7, 11) is 0. The molecule has 0 radical (unpaired) electrons. The number of carbonyl (C=O) groups excluding carboxylic acids is 1. The third kappa shape index (κ3) is 2.87. The van der Waals surface area contributed by atoms with Crippen molar-refractivity contribution in [3.8, 4) is 0 Å². The Labute approximate surface area is 85.8 Å². The molecule has 4 nitrogen and oxygen atoms in total. The summed E-state index contributed by atoms with van der Waals surface area (Å²) >= 11 is 0. The van der Waals surface area contributed by atoms with E-state index >= 15 is 0 Å². The van der Waals surface area contributed by atoms with Gasteiger partial charge in [0, 0.05) is 24.7 Å². The minimum atomic E-state index is -0.168. The summed E-state index contributed by atoms with van der Waals surface area (Å²) < 4.78 is 0. The molecule has 0 bridgehead atoms. The van der Waals surface area contributed by atoms with Gasteiger partial charge in [0.2, 0.25) is 0 Å². The van der Waals surface area contributed by atoms with Gasteiger partial charge in [0.25, 0.3) is 0 Å². The second-order valence-electron chi connectivity index (χ2n) is 4.91. The lowest BCUT2D eigenvalue weighted by Crippen LogP contribution is -2.51. The van der Waals surface area contributed by atoms with Crippen molar-refractivity contribution in [2.24, 2.45) is 5.73 Å². The molecule has 1 aliphatic heterocycles. The van der Waals surface area contributed by atoms with Crippen molar-refractivity contribution in [1.82, 2.24) is 10.2 Å². The zero-order valence-electron chi connectivity index (χ0n) is 9.34. The molecular weight excluding hydrogens is 178 g/mol. The van der Waals surface area contributed by atoms with E-state index in [0.29, 0.717) is 6.54 Å². The summed E-state index contributed by atoms with van der Waals surface area (Å²) in [4.78, 5) is 13.6. The van der Waals surface area contributed by atoms with Crippen LogP contribution in [-0.4, -0.2) is 35.6 Å². The van der Waals surface area contributed by atoms with E-state index in [1.165, 1.54) is 0 Å². The molecule has 14 heavy (non-hydrogen) atoms. The average Bonchev–Trinajstić information content (AvgIpc) is 2.47. The summed E-state index contributed by atoms with van der Waals surface area (Å²) in [5, 5.41) is 2.96. The van der Waals surface area contributed by atoms with Crippen LogP contribution in [0.3, 0.4) is 0 Å². The van der Waals surface area contributed by atoms with E-state index in [1.54, 1.807) is 0 Å². The molecule has 0 aromatic rings. The Morgan fingerprint density at radius 2 is 2.21 bits per heavy atom. The van der Waals surface area contributed by atoms with E-state index < -0.39 is 0 Å². The minimum absolute atomic E-state index is 0.0189. The van der Waals surface area contributed by atoms with Crippen molar-refractivity contribution in [2.45, 2.75) is 45.2 Å². The van der Waals surface area contributed by atoms with Crippen molar-refractivity contribution in [1.29, 1.82) is 0 Å². The highest BCUT2D eigenvalue weighted by Gasteiger charge is 2.29. The molecule has 0 unspecified atom stereocenters. The largest absolute Gasteiger partial charge is 0.333 e. The second kappa shape index (κ2) is 4.17. The molecule has 0 spiro atoms. The maximum atomic E-state index is 11.8. The third-order valence-corrected chi connectivity index (χ3v) is 2.39. The normalized spacial score (nSPS) is 22.6. The van der Waals surface area contributed by atoms with E-state index in [4.69, 9.17) is 5.73 Å². The van der Waals surface area contributed by atoms with E-state index in [2.05, 4.69) is 5.32 Å². The zero-order valence-corrected chi connectivity index (χ0v) is 9.34.